The third-order valence-electron chi connectivity index (χ3n) is 5.07. The second-order valence-corrected chi connectivity index (χ2v) is 8.58. The molecule has 9 nitrogen and oxygen atoms in total. The lowest BCUT2D eigenvalue weighted by Gasteiger charge is -2.30. The van der Waals surface area contributed by atoms with Crippen LogP contribution in [-0.2, 0) is 14.8 Å². The lowest BCUT2D eigenvalue weighted by atomic mass is 10.0. The zero-order chi connectivity index (χ0) is 22.9. The van der Waals surface area contributed by atoms with Gasteiger partial charge in [-0.3, -0.25) is 9.10 Å². The molecule has 166 valence electrons. The lowest BCUT2D eigenvalue weighted by molar-refractivity contribution is -0.112. The fourth-order valence-corrected chi connectivity index (χ4v) is 4.86. The van der Waals surface area contributed by atoms with Crippen molar-refractivity contribution in [2.24, 2.45) is 0 Å². The molecule has 0 spiro atoms. The van der Waals surface area contributed by atoms with Crippen LogP contribution in [-0.4, -0.2) is 49.8 Å². The molecule has 2 aromatic rings. The van der Waals surface area contributed by atoms with Crippen molar-refractivity contribution in [2.75, 3.05) is 45.1 Å². The molecule has 1 aliphatic rings. The van der Waals surface area contributed by atoms with Gasteiger partial charge in [0.1, 0.15) is 11.5 Å². The van der Waals surface area contributed by atoms with Crippen LogP contribution < -0.4 is 28.6 Å². The van der Waals surface area contributed by atoms with Crippen molar-refractivity contribution in [2.45, 2.75) is 6.92 Å². The lowest BCUT2D eigenvalue weighted by Crippen LogP contribution is -2.36. The van der Waals surface area contributed by atoms with Gasteiger partial charge in [-0.1, -0.05) is 0 Å². The van der Waals surface area contributed by atoms with E-state index >= 15 is 0 Å². The molecule has 2 aromatic carbocycles. The molecular formula is C21H24N2O7S. The van der Waals surface area contributed by atoms with Crippen LogP contribution in [0.15, 0.2) is 35.2 Å². The standard InChI is InChI=1S/C21H24N2O7S/c1-12-14-10-18(29-5)19(30-6)11-16(14)23(2)31(25,26)20(12)21(24)22-15-9-13(27-3)7-8-17(15)28-4/h7-11H,1-6H3,(H,22,24). The van der Waals surface area contributed by atoms with Crippen LogP contribution in [0.1, 0.15) is 12.5 Å². The van der Waals surface area contributed by atoms with Crippen LogP contribution in [0.25, 0.3) is 5.57 Å². The Kier molecular flexibility index (Phi) is 6.03. The number of methoxy groups -OCH3 is 4. The van der Waals surface area contributed by atoms with Crippen LogP contribution in [0.5, 0.6) is 23.0 Å². The maximum atomic E-state index is 13.2. The smallest absolute Gasteiger partial charge is 0.269 e. The summed E-state index contributed by atoms with van der Waals surface area (Å²) in [6, 6.07) is 8.04. The normalized spacial score (nSPS) is 14.6. The summed E-state index contributed by atoms with van der Waals surface area (Å²) < 4.78 is 48.6. The highest BCUT2D eigenvalue weighted by atomic mass is 32.2. The second-order valence-electron chi connectivity index (χ2n) is 6.67. The van der Waals surface area contributed by atoms with Gasteiger partial charge in [0.2, 0.25) is 0 Å². The largest absolute Gasteiger partial charge is 0.497 e. The van der Waals surface area contributed by atoms with E-state index in [1.54, 1.807) is 37.3 Å². The van der Waals surface area contributed by atoms with Crippen LogP contribution in [0.3, 0.4) is 0 Å². The first-order valence-corrected chi connectivity index (χ1v) is 10.6. The van der Waals surface area contributed by atoms with Gasteiger partial charge in [-0.2, -0.15) is 0 Å². The zero-order valence-corrected chi connectivity index (χ0v) is 18.9. The van der Waals surface area contributed by atoms with Gasteiger partial charge in [-0.15, -0.1) is 0 Å². The number of hydrogen-bond donors (Lipinski definition) is 1. The summed E-state index contributed by atoms with van der Waals surface area (Å²) in [7, 11) is 3.13. The summed E-state index contributed by atoms with van der Waals surface area (Å²) in [5.41, 5.74) is 1.49. The highest BCUT2D eigenvalue weighted by molar-refractivity contribution is 7.97. The fourth-order valence-electron chi connectivity index (χ4n) is 3.39. The number of nitrogens with zero attached hydrogens (tertiary/aromatic N) is 1. The summed E-state index contributed by atoms with van der Waals surface area (Å²) in [5.74, 6) is 0.845. The molecule has 1 heterocycles. The number of ether oxygens (including phenoxy) is 4. The molecule has 0 atom stereocenters. The predicted octanol–water partition coefficient (Wildman–Crippen LogP) is 2.87. The van der Waals surface area contributed by atoms with Crippen molar-refractivity contribution in [3.8, 4) is 23.0 Å². The first-order valence-electron chi connectivity index (χ1n) is 9.19. The minimum absolute atomic E-state index is 0.281. The van der Waals surface area contributed by atoms with E-state index in [-0.39, 0.29) is 16.2 Å². The molecule has 0 aromatic heterocycles. The third-order valence-corrected chi connectivity index (χ3v) is 6.99. The molecule has 31 heavy (non-hydrogen) atoms. The minimum Gasteiger partial charge on any atom is -0.497 e. The highest BCUT2D eigenvalue weighted by Crippen LogP contribution is 2.44. The van der Waals surface area contributed by atoms with Crippen LogP contribution in [0.4, 0.5) is 11.4 Å². The summed E-state index contributed by atoms with van der Waals surface area (Å²) in [6.45, 7) is 1.58. The molecular weight excluding hydrogens is 424 g/mol. The third kappa shape index (κ3) is 3.74. The molecule has 0 saturated carbocycles. The van der Waals surface area contributed by atoms with E-state index in [0.29, 0.717) is 34.2 Å². The molecule has 10 heteroatoms. The first kappa shape index (κ1) is 22.3. The number of carbonyl (C=O) groups is 1. The Balaban J connectivity index is 2.15. The monoisotopic (exact) mass is 448 g/mol. The van der Waals surface area contributed by atoms with E-state index in [9.17, 15) is 13.2 Å². The zero-order valence-electron chi connectivity index (χ0n) is 18.1. The van der Waals surface area contributed by atoms with E-state index in [0.717, 1.165) is 4.31 Å². The number of carbonyl (C=O) groups excluding carboxylic acids is 1. The van der Waals surface area contributed by atoms with Gasteiger partial charge in [0.05, 0.1) is 39.8 Å². The van der Waals surface area contributed by atoms with Crippen molar-refractivity contribution in [1.29, 1.82) is 0 Å². The Bertz CT molecular complexity index is 1170. The number of nitrogens with one attached hydrogen (secondary N) is 1. The van der Waals surface area contributed by atoms with Crippen molar-refractivity contribution < 1.29 is 32.2 Å². The predicted molar refractivity (Wildman–Crippen MR) is 118 cm³/mol. The summed E-state index contributed by atoms with van der Waals surface area (Å²) in [6.07, 6.45) is 0. The number of allylic oxidation sites excluding steroid dienone is 1. The van der Waals surface area contributed by atoms with Crippen molar-refractivity contribution in [1.82, 2.24) is 0 Å². The van der Waals surface area contributed by atoms with Gasteiger partial charge in [0.15, 0.2) is 16.4 Å². The van der Waals surface area contributed by atoms with Crippen molar-refractivity contribution in [3.63, 3.8) is 0 Å². The van der Waals surface area contributed by atoms with Gasteiger partial charge >= 0.3 is 0 Å². The van der Waals surface area contributed by atoms with Gasteiger partial charge in [-0.25, -0.2) is 8.42 Å². The molecule has 1 aliphatic heterocycles. The number of rotatable bonds is 6. The summed E-state index contributed by atoms with van der Waals surface area (Å²) in [5, 5.41) is 2.63. The number of hydrogen-bond acceptors (Lipinski definition) is 7. The van der Waals surface area contributed by atoms with Crippen LogP contribution in [0.2, 0.25) is 0 Å². The topological polar surface area (TPSA) is 103 Å². The Hall–Kier alpha value is -3.40. The van der Waals surface area contributed by atoms with Crippen molar-refractivity contribution in [3.05, 3.63) is 40.8 Å². The van der Waals surface area contributed by atoms with Gasteiger partial charge in [0.25, 0.3) is 15.9 Å². The van der Waals surface area contributed by atoms with E-state index in [1.807, 2.05) is 0 Å². The van der Waals surface area contributed by atoms with Gasteiger partial charge < -0.3 is 24.3 Å². The Labute approximate surface area is 181 Å². The molecule has 1 amide bonds. The quantitative estimate of drug-likeness (QED) is 0.725. The molecule has 0 radical (unpaired) electrons. The highest BCUT2D eigenvalue weighted by Gasteiger charge is 2.38. The van der Waals surface area contributed by atoms with E-state index in [1.165, 1.54) is 35.5 Å². The van der Waals surface area contributed by atoms with Crippen LogP contribution >= 0.6 is 0 Å². The van der Waals surface area contributed by atoms with E-state index in [4.69, 9.17) is 18.9 Å². The summed E-state index contributed by atoms with van der Waals surface area (Å²) >= 11 is 0. The van der Waals surface area contributed by atoms with Gasteiger partial charge in [0, 0.05) is 24.7 Å². The second kappa shape index (κ2) is 8.38. The number of benzene rings is 2. The molecule has 3 rings (SSSR count). The van der Waals surface area contributed by atoms with Gasteiger partial charge in [-0.05, 0) is 30.7 Å². The first-order chi connectivity index (χ1) is 14.7. The number of amides is 1. The van der Waals surface area contributed by atoms with Crippen molar-refractivity contribution >= 4 is 32.9 Å². The Morgan fingerprint density at radius 1 is 0.903 bits per heavy atom. The number of sulfonamides is 1. The average molecular weight is 448 g/mol. The minimum atomic E-state index is -4.13. The van der Waals surface area contributed by atoms with E-state index < -0.39 is 15.9 Å². The molecule has 0 bridgehead atoms. The van der Waals surface area contributed by atoms with Crippen LogP contribution in [0, 0.1) is 0 Å². The summed E-state index contributed by atoms with van der Waals surface area (Å²) in [4.78, 5) is 12.8. The maximum absolute atomic E-state index is 13.2. The molecule has 1 N–H and O–H groups in total. The SMILES string of the molecule is COc1ccc(OC)c(NC(=O)C2=C(C)c3cc(OC)c(OC)cc3N(C)S2(=O)=O)c1. The molecule has 0 fully saturated rings. The Morgan fingerprint density at radius 2 is 1.52 bits per heavy atom. The van der Waals surface area contributed by atoms with E-state index in [2.05, 4.69) is 5.32 Å². The average Bonchev–Trinajstić information content (AvgIpc) is 2.76. The fraction of sp³-hybridized carbons (Fsp3) is 0.286. The number of anilines is 2. The Morgan fingerprint density at radius 3 is 2.10 bits per heavy atom. The molecule has 0 saturated heterocycles. The maximum Gasteiger partial charge on any atom is 0.269 e. The number of fused-ring (bicyclic) bond motifs is 1. The molecule has 0 aliphatic carbocycles. The molecule has 0 unspecified atom stereocenters.